The van der Waals surface area contributed by atoms with Crippen LogP contribution in [0.15, 0.2) is 53.4 Å². The lowest BCUT2D eigenvalue weighted by molar-refractivity contribution is -0.171. The number of sulfone groups is 1. The predicted molar refractivity (Wildman–Crippen MR) is 109 cm³/mol. The van der Waals surface area contributed by atoms with E-state index >= 15 is 0 Å². The molecule has 1 N–H and O–H groups in total. The van der Waals surface area contributed by atoms with Crippen molar-refractivity contribution in [3.05, 3.63) is 59.7 Å². The second-order valence-corrected chi connectivity index (χ2v) is 8.68. The van der Waals surface area contributed by atoms with Crippen molar-refractivity contribution in [3.63, 3.8) is 0 Å². The summed E-state index contributed by atoms with van der Waals surface area (Å²) in [6.45, 7) is 2.62. The zero-order chi connectivity index (χ0) is 21.4. The summed E-state index contributed by atoms with van der Waals surface area (Å²) in [7, 11) is -1.91. The Morgan fingerprint density at radius 3 is 2.17 bits per heavy atom. The molecule has 0 saturated carbocycles. The fraction of sp³-hybridized carbons (Fsp3) is 0.381. The number of hydroxylamine groups is 2. The number of hydrogen-bond acceptors (Lipinski definition) is 6. The molecule has 7 nitrogen and oxygen atoms in total. The van der Waals surface area contributed by atoms with E-state index in [1.807, 2.05) is 24.3 Å². The van der Waals surface area contributed by atoms with Gasteiger partial charge in [-0.05, 0) is 42.3 Å². The van der Waals surface area contributed by atoms with Crippen LogP contribution in [0.1, 0.15) is 18.1 Å². The van der Waals surface area contributed by atoms with Gasteiger partial charge in [0, 0.05) is 32.8 Å². The number of benzene rings is 2. The van der Waals surface area contributed by atoms with Gasteiger partial charge < -0.3 is 9.47 Å². The monoisotopic (exact) mass is 421 g/mol. The Kier molecular flexibility index (Phi) is 8.19. The summed E-state index contributed by atoms with van der Waals surface area (Å²) in [4.78, 5) is 12.2. The van der Waals surface area contributed by atoms with Gasteiger partial charge in [0.25, 0.3) is 5.91 Å². The molecule has 8 heteroatoms. The molecule has 0 fully saturated rings. The largest absolute Gasteiger partial charge is 0.493 e. The third-order valence-corrected chi connectivity index (χ3v) is 5.45. The van der Waals surface area contributed by atoms with E-state index in [2.05, 4.69) is 0 Å². The first-order valence-electron chi connectivity index (χ1n) is 9.29. The minimum atomic E-state index is -3.19. The summed E-state index contributed by atoms with van der Waals surface area (Å²) in [5.41, 5.74) is 1.88. The molecule has 2 aromatic carbocycles. The SMILES string of the molecule is CCO[C@@H](Cc1ccc(OCCc2ccc(S(C)(=O)=O)cc2)cc1)C(=O)N(C)O. The molecule has 0 unspecified atom stereocenters. The standard InChI is InChI=1S/C21H27NO6S/c1-4-27-20(21(23)22(2)24)15-17-5-9-18(10-6-17)28-14-13-16-7-11-19(12-8-16)29(3,25)26/h5-12,20,24H,4,13-15H2,1-3H3/t20-/m0/s1. The van der Waals surface area contributed by atoms with Crippen molar-refractivity contribution < 1.29 is 27.9 Å². The second-order valence-electron chi connectivity index (χ2n) is 6.67. The molecular formula is C21H27NO6S. The first-order valence-corrected chi connectivity index (χ1v) is 11.2. The maximum absolute atomic E-state index is 11.9. The zero-order valence-corrected chi connectivity index (χ0v) is 17.7. The van der Waals surface area contributed by atoms with Gasteiger partial charge in [-0.2, -0.15) is 0 Å². The van der Waals surface area contributed by atoms with E-state index in [4.69, 9.17) is 9.47 Å². The highest BCUT2D eigenvalue weighted by atomic mass is 32.2. The molecule has 0 radical (unpaired) electrons. The van der Waals surface area contributed by atoms with E-state index in [0.717, 1.165) is 11.1 Å². The van der Waals surface area contributed by atoms with Crippen LogP contribution in [0, 0.1) is 0 Å². The van der Waals surface area contributed by atoms with Crippen LogP contribution in [0.2, 0.25) is 0 Å². The van der Waals surface area contributed by atoms with E-state index < -0.39 is 21.8 Å². The first kappa shape index (κ1) is 22.9. The molecule has 2 aromatic rings. The minimum Gasteiger partial charge on any atom is -0.493 e. The van der Waals surface area contributed by atoms with Gasteiger partial charge in [0.15, 0.2) is 9.84 Å². The van der Waals surface area contributed by atoms with Crippen molar-refractivity contribution in [3.8, 4) is 5.75 Å². The maximum Gasteiger partial charge on any atom is 0.275 e. The smallest absolute Gasteiger partial charge is 0.275 e. The molecular weight excluding hydrogens is 394 g/mol. The van der Waals surface area contributed by atoms with Crippen LogP contribution in [-0.2, 0) is 32.2 Å². The summed E-state index contributed by atoms with van der Waals surface area (Å²) in [5.74, 6) is 0.203. The van der Waals surface area contributed by atoms with Crippen LogP contribution >= 0.6 is 0 Å². The van der Waals surface area contributed by atoms with Crippen molar-refractivity contribution in [1.29, 1.82) is 0 Å². The van der Waals surface area contributed by atoms with Crippen molar-refractivity contribution in [1.82, 2.24) is 5.06 Å². The van der Waals surface area contributed by atoms with Gasteiger partial charge in [-0.1, -0.05) is 24.3 Å². The Morgan fingerprint density at radius 2 is 1.66 bits per heavy atom. The molecule has 0 aliphatic rings. The van der Waals surface area contributed by atoms with Gasteiger partial charge in [0.2, 0.25) is 0 Å². The fourth-order valence-electron chi connectivity index (χ4n) is 2.75. The summed E-state index contributed by atoms with van der Waals surface area (Å²) < 4.78 is 34.1. The maximum atomic E-state index is 11.9. The average molecular weight is 422 g/mol. The van der Waals surface area contributed by atoms with Crippen LogP contribution < -0.4 is 4.74 Å². The molecule has 0 saturated heterocycles. The number of likely N-dealkylation sites (N-methyl/N-ethyl adjacent to an activating group) is 1. The highest BCUT2D eigenvalue weighted by Gasteiger charge is 2.22. The minimum absolute atomic E-state index is 0.300. The van der Waals surface area contributed by atoms with Crippen LogP contribution in [0.4, 0.5) is 0 Å². The molecule has 0 aliphatic carbocycles. The number of amides is 1. The molecule has 1 atom stereocenters. The van der Waals surface area contributed by atoms with E-state index in [0.29, 0.717) is 41.8 Å². The van der Waals surface area contributed by atoms with Crippen LogP contribution in [0.5, 0.6) is 5.75 Å². The molecule has 29 heavy (non-hydrogen) atoms. The Balaban J connectivity index is 1.88. The van der Waals surface area contributed by atoms with Gasteiger partial charge in [0.05, 0.1) is 11.5 Å². The van der Waals surface area contributed by atoms with Crippen LogP contribution in [-0.4, -0.2) is 57.2 Å². The zero-order valence-electron chi connectivity index (χ0n) is 16.9. The predicted octanol–water partition coefficient (Wildman–Crippen LogP) is 2.51. The number of rotatable bonds is 10. The molecule has 0 bridgehead atoms. The van der Waals surface area contributed by atoms with E-state index in [-0.39, 0.29) is 0 Å². The van der Waals surface area contributed by atoms with Crippen molar-refractivity contribution >= 4 is 15.7 Å². The Morgan fingerprint density at radius 1 is 1.07 bits per heavy atom. The van der Waals surface area contributed by atoms with Crippen molar-refractivity contribution in [2.24, 2.45) is 0 Å². The number of carbonyl (C=O) groups excluding carboxylic acids is 1. The molecule has 2 rings (SSSR count). The lowest BCUT2D eigenvalue weighted by Gasteiger charge is -2.19. The van der Waals surface area contributed by atoms with Gasteiger partial charge in [0.1, 0.15) is 11.9 Å². The van der Waals surface area contributed by atoms with Crippen molar-refractivity contribution in [2.75, 3.05) is 26.5 Å². The summed E-state index contributed by atoms with van der Waals surface area (Å²) in [6.07, 6.45) is 1.44. The average Bonchev–Trinajstić information content (AvgIpc) is 2.68. The van der Waals surface area contributed by atoms with E-state index in [1.54, 1.807) is 31.2 Å². The highest BCUT2D eigenvalue weighted by Crippen LogP contribution is 2.16. The molecule has 0 aliphatic heterocycles. The van der Waals surface area contributed by atoms with E-state index in [9.17, 15) is 18.4 Å². The van der Waals surface area contributed by atoms with Crippen LogP contribution in [0.25, 0.3) is 0 Å². The normalized spacial score (nSPS) is 12.4. The van der Waals surface area contributed by atoms with E-state index in [1.165, 1.54) is 13.3 Å². The Hall–Kier alpha value is -2.42. The number of hydrogen-bond donors (Lipinski definition) is 1. The third kappa shape index (κ3) is 7.16. The van der Waals surface area contributed by atoms with Gasteiger partial charge in [-0.3, -0.25) is 10.0 Å². The first-order chi connectivity index (χ1) is 13.7. The molecule has 0 aromatic heterocycles. The number of carbonyl (C=O) groups is 1. The highest BCUT2D eigenvalue weighted by molar-refractivity contribution is 7.90. The third-order valence-electron chi connectivity index (χ3n) is 4.32. The van der Waals surface area contributed by atoms with Crippen LogP contribution in [0.3, 0.4) is 0 Å². The lowest BCUT2D eigenvalue weighted by atomic mass is 10.1. The number of nitrogens with zero attached hydrogens (tertiary/aromatic N) is 1. The summed E-state index contributed by atoms with van der Waals surface area (Å²) in [5, 5.41) is 9.88. The Bertz CT molecular complexity index is 892. The fourth-order valence-corrected chi connectivity index (χ4v) is 3.38. The topological polar surface area (TPSA) is 93.1 Å². The number of ether oxygens (including phenoxy) is 2. The Labute approximate surface area is 171 Å². The lowest BCUT2D eigenvalue weighted by Crippen LogP contribution is -2.37. The van der Waals surface area contributed by atoms with Crippen molar-refractivity contribution in [2.45, 2.75) is 30.8 Å². The molecule has 0 heterocycles. The summed E-state index contributed by atoms with van der Waals surface area (Å²) in [6, 6.07) is 14.1. The summed E-state index contributed by atoms with van der Waals surface area (Å²) >= 11 is 0. The quantitative estimate of drug-likeness (QED) is 0.468. The van der Waals surface area contributed by atoms with Gasteiger partial charge in [-0.25, -0.2) is 13.5 Å². The molecule has 1 amide bonds. The van der Waals surface area contributed by atoms with Gasteiger partial charge in [-0.15, -0.1) is 0 Å². The van der Waals surface area contributed by atoms with Gasteiger partial charge >= 0.3 is 0 Å². The molecule has 0 spiro atoms. The second kappa shape index (κ2) is 10.4. The molecule has 158 valence electrons.